The second-order valence-electron chi connectivity index (χ2n) is 4.77. The van der Waals surface area contributed by atoms with E-state index in [9.17, 15) is 9.50 Å². The molecule has 2 rings (SSSR count). The van der Waals surface area contributed by atoms with Crippen molar-refractivity contribution >= 4 is 0 Å². The minimum atomic E-state index is -0.703. The van der Waals surface area contributed by atoms with Crippen LogP contribution in [0.15, 0.2) is 36.4 Å². The van der Waals surface area contributed by atoms with E-state index in [1.54, 1.807) is 0 Å². The zero-order chi connectivity index (χ0) is 13.3. The second kappa shape index (κ2) is 4.91. The quantitative estimate of drug-likeness (QED) is 0.851. The zero-order valence-corrected chi connectivity index (χ0v) is 10.9. The molecule has 0 fully saturated rings. The minimum Gasteiger partial charge on any atom is -0.384 e. The molecule has 0 bridgehead atoms. The number of halogens is 1. The Bertz CT molecular complexity index is 535. The fourth-order valence-corrected chi connectivity index (χ4v) is 2.27. The maximum atomic E-state index is 13.2. The molecule has 0 aliphatic rings. The first-order chi connectivity index (χ1) is 8.49. The predicted molar refractivity (Wildman–Crippen MR) is 71.1 cm³/mol. The molecule has 0 saturated heterocycles. The molecule has 2 aromatic rings. The standard InChI is InChI=1S/C16H17FO/c1-10-4-6-13(7-5-10)16(18)15-11(2)8-14(17)9-12(15)3/h4-9,16,18H,1-3H3. The topological polar surface area (TPSA) is 20.2 Å². The minimum absolute atomic E-state index is 0.259. The van der Waals surface area contributed by atoms with Gasteiger partial charge in [0, 0.05) is 0 Å². The van der Waals surface area contributed by atoms with Gasteiger partial charge in [0.2, 0.25) is 0 Å². The molecule has 0 aromatic heterocycles. The third-order valence-electron chi connectivity index (χ3n) is 3.22. The molecular formula is C16H17FO. The van der Waals surface area contributed by atoms with Crippen molar-refractivity contribution in [1.29, 1.82) is 0 Å². The van der Waals surface area contributed by atoms with Gasteiger partial charge in [-0.3, -0.25) is 0 Å². The molecule has 0 heterocycles. The molecule has 94 valence electrons. The molecule has 0 aliphatic heterocycles. The summed E-state index contributed by atoms with van der Waals surface area (Å²) in [6.45, 7) is 5.65. The average Bonchev–Trinajstić information content (AvgIpc) is 2.28. The largest absolute Gasteiger partial charge is 0.384 e. The summed E-state index contributed by atoms with van der Waals surface area (Å²) in [4.78, 5) is 0. The molecule has 0 saturated carbocycles. The Hall–Kier alpha value is -1.67. The van der Waals surface area contributed by atoms with Crippen molar-refractivity contribution in [3.63, 3.8) is 0 Å². The van der Waals surface area contributed by atoms with Crippen LogP contribution >= 0.6 is 0 Å². The monoisotopic (exact) mass is 244 g/mol. The van der Waals surface area contributed by atoms with Crippen LogP contribution in [0.1, 0.15) is 33.9 Å². The van der Waals surface area contributed by atoms with Crippen LogP contribution in [0.3, 0.4) is 0 Å². The number of rotatable bonds is 2. The third kappa shape index (κ3) is 2.44. The first-order valence-electron chi connectivity index (χ1n) is 6.00. The summed E-state index contributed by atoms with van der Waals surface area (Å²) in [7, 11) is 0. The number of hydrogen-bond acceptors (Lipinski definition) is 1. The molecule has 1 atom stereocenters. The maximum absolute atomic E-state index is 13.2. The Labute approximate surface area is 107 Å². The Morgan fingerprint density at radius 3 is 1.94 bits per heavy atom. The lowest BCUT2D eigenvalue weighted by Crippen LogP contribution is -2.05. The van der Waals surface area contributed by atoms with E-state index < -0.39 is 6.10 Å². The highest BCUT2D eigenvalue weighted by Crippen LogP contribution is 2.28. The summed E-state index contributed by atoms with van der Waals surface area (Å²) in [5, 5.41) is 10.4. The molecule has 0 amide bonds. The van der Waals surface area contributed by atoms with Crippen LogP contribution in [0.25, 0.3) is 0 Å². The SMILES string of the molecule is Cc1ccc(C(O)c2c(C)cc(F)cc2C)cc1. The maximum Gasteiger partial charge on any atom is 0.123 e. The van der Waals surface area contributed by atoms with E-state index in [4.69, 9.17) is 0 Å². The van der Waals surface area contributed by atoms with Gasteiger partial charge in [-0.25, -0.2) is 4.39 Å². The van der Waals surface area contributed by atoms with Crippen LogP contribution in [-0.4, -0.2) is 5.11 Å². The fraction of sp³-hybridized carbons (Fsp3) is 0.250. The van der Waals surface area contributed by atoms with Crippen molar-refractivity contribution in [2.24, 2.45) is 0 Å². The van der Waals surface area contributed by atoms with Gasteiger partial charge in [-0.15, -0.1) is 0 Å². The van der Waals surface area contributed by atoms with Gasteiger partial charge in [-0.05, 0) is 55.2 Å². The molecule has 0 spiro atoms. The lowest BCUT2D eigenvalue weighted by molar-refractivity contribution is 0.218. The Morgan fingerprint density at radius 2 is 1.44 bits per heavy atom. The van der Waals surface area contributed by atoms with E-state index in [0.717, 1.165) is 27.8 Å². The first kappa shape index (κ1) is 12.8. The van der Waals surface area contributed by atoms with Crippen molar-refractivity contribution in [3.05, 3.63) is 70.0 Å². The highest BCUT2D eigenvalue weighted by Gasteiger charge is 2.16. The van der Waals surface area contributed by atoms with Gasteiger partial charge in [-0.1, -0.05) is 29.8 Å². The van der Waals surface area contributed by atoms with Gasteiger partial charge in [0.05, 0.1) is 0 Å². The zero-order valence-electron chi connectivity index (χ0n) is 10.9. The summed E-state index contributed by atoms with van der Waals surface area (Å²) >= 11 is 0. The normalized spacial score (nSPS) is 12.5. The number of aryl methyl sites for hydroxylation is 3. The van der Waals surface area contributed by atoms with Gasteiger partial charge < -0.3 is 5.11 Å². The van der Waals surface area contributed by atoms with E-state index in [1.807, 2.05) is 45.0 Å². The third-order valence-corrected chi connectivity index (χ3v) is 3.22. The summed E-state index contributed by atoms with van der Waals surface area (Å²) in [6.07, 6.45) is -0.703. The molecule has 1 N–H and O–H groups in total. The van der Waals surface area contributed by atoms with Crippen molar-refractivity contribution in [2.45, 2.75) is 26.9 Å². The van der Waals surface area contributed by atoms with Crippen LogP contribution in [0, 0.1) is 26.6 Å². The molecular weight excluding hydrogens is 227 g/mol. The highest BCUT2D eigenvalue weighted by molar-refractivity contribution is 5.41. The molecule has 1 unspecified atom stereocenters. The smallest absolute Gasteiger partial charge is 0.123 e. The molecule has 2 heteroatoms. The molecule has 0 aliphatic carbocycles. The molecule has 18 heavy (non-hydrogen) atoms. The number of hydrogen-bond donors (Lipinski definition) is 1. The van der Waals surface area contributed by atoms with Crippen LogP contribution < -0.4 is 0 Å². The van der Waals surface area contributed by atoms with Crippen molar-refractivity contribution < 1.29 is 9.50 Å². The molecule has 1 nitrogen and oxygen atoms in total. The fourth-order valence-electron chi connectivity index (χ4n) is 2.27. The molecule has 0 radical (unpaired) electrons. The van der Waals surface area contributed by atoms with Crippen LogP contribution in [0.2, 0.25) is 0 Å². The van der Waals surface area contributed by atoms with Gasteiger partial charge in [0.25, 0.3) is 0 Å². The van der Waals surface area contributed by atoms with E-state index in [0.29, 0.717) is 0 Å². The Morgan fingerprint density at radius 1 is 0.944 bits per heavy atom. The summed E-state index contributed by atoms with van der Waals surface area (Å²) in [6, 6.07) is 10.7. The van der Waals surface area contributed by atoms with Gasteiger partial charge in [0.15, 0.2) is 0 Å². The number of aliphatic hydroxyl groups excluding tert-OH is 1. The van der Waals surface area contributed by atoms with Gasteiger partial charge >= 0.3 is 0 Å². The number of benzene rings is 2. The Balaban J connectivity index is 2.46. The van der Waals surface area contributed by atoms with Crippen molar-refractivity contribution in [1.82, 2.24) is 0 Å². The van der Waals surface area contributed by atoms with Crippen LogP contribution in [-0.2, 0) is 0 Å². The van der Waals surface area contributed by atoms with Crippen molar-refractivity contribution in [2.75, 3.05) is 0 Å². The van der Waals surface area contributed by atoms with Gasteiger partial charge in [0.1, 0.15) is 11.9 Å². The average molecular weight is 244 g/mol. The lowest BCUT2D eigenvalue weighted by atomic mass is 9.93. The van der Waals surface area contributed by atoms with E-state index >= 15 is 0 Å². The summed E-state index contributed by atoms with van der Waals surface area (Å²) < 4.78 is 13.2. The van der Waals surface area contributed by atoms with E-state index in [2.05, 4.69) is 0 Å². The molecule has 2 aromatic carbocycles. The predicted octanol–water partition coefficient (Wildman–Crippen LogP) is 3.83. The lowest BCUT2D eigenvalue weighted by Gasteiger charge is -2.17. The highest BCUT2D eigenvalue weighted by atomic mass is 19.1. The summed E-state index contributed by atoms with van der Waals surface area (Å²) in [5.74, 6) is -0.259. The van der Waals surface area contributed by atoms with Crippen LogP contribution in [0.4, 0.5) is 4.39 Å². The van der Waals surface area contributed by atoms with E-state index in [1.165, 1.54) is 12.1 Å². The number of aliphatic hydroxyl groups is 1. The van der Waals surface area contributed by atoms with Gasteiger partial charge in [-0.2, -0.15) is 0 Å². The van der Waals surface area contributed by atoms with Crippen LogP contribution in [0.5, 0.6) is 0 Å². The first-order valence-corrected chi connectivity index (χ1v) is 6.00. The van der Waals surface area contributed by atoms with E-state index in [-0.39, 0.29) is 5.82 Å². The summed E-state index contributed by atoms with van der Waals surface area (Å²) in [5.41, 5.74) is 4.33. The van der Waals surface area contributed by atoms with Crippen molar-refractivity contribution in [3.8, 4) is 0 Å². The Kier molecular flexibility index (Phi) is 3.48. The second-order valence-corrected chi connectivity index (χ2v) is 4.77.